The number of carbonyl (C=O) groups excluding carboxylic acids is 2. The Labute approximate surface area is 279 Å². The van der Waals surface area contributed by atoms with Gasteiger partial charge in [-0.3, -0.25) is 4.79 Å². The molecule has 5 rings (SSSR count). The Morgan fingerprint density at radius 3 is 2.31 bits per heavy atom. The van der Waals surface area contributed by atoms with E-state index in [0.29, 0.717) is 55.0 Å². The third kappa shape index (κ3) is 8.22. The molecule has 4 heterocycles. The molecule has 2 amide bonds. The van der Waals surface area contributed by atoms with Gasteiger partial charge in [0.2, 0.25) is 0 Å². The standard InChI is InChI=1S/C34H42FN9O4/c1-20-15-22(9-10-23(20)21(2)39-29(45)30-41-31(42-48-30)33(3,4)5)25-17-28(38-19-37-25)40-27-16-24(35)26(18-36-27)43-11-13-44(14-12-43)32(46)47-34(6,7)8/h9-10,15-19,21H,11-14H2,1-8H3,(H,39,45)(H,36,37,38,40)/t21-/m1/s1. The fourth-order valence-corrected chi connectivity index (χ4v) is 5.17. The van der Waals surface area contributed by atoms with Crippen molar-refractivity contribution in [3.8, 4) is 11.3 Å². The number of halogens is 1. The van der Waals surface area contributed by atoms with E-state index in [2.05, 4.69) is 35.7 Å². The van der Waals surface area contributed by atoms with Crippen LogP contribution in [0.4, 0.5) is 26.5 Å². The van der Waals surface area contributed by atoms with Gasteiger partial charge in [0, 0.05) is 49.3 Å². The Kier molecular flexibility index (Phi) is 9.64. The molecule has 1 atom stereocenters. The summed E-state index contributed by atoms with van der Waals surface area (Å²) in [5.74, 6) is 0.240. The molecule has 0 unspecified atom stereocenters. The Hall–Kier alpha value is -5.14. The first-order valence-electron chi connectivity index (χ1n) is 15.8. The van der Waals surface area contributed by atoms with Crippen molar-refractivity contribution < 1.29 is 23.2 Å². The lowest BCUT2D eigenvalue weighted by Crippen LogP contribution is -2.50. The van der Waals surface area contributed by atoms with Gasteiger partial charge in [0.25, 0.3) is 0 Å². The van der Waals surface area contributed by atoms with Gasteiger partial charge in [-0.05, 0) is 51.8 Å². The Balaban J connectivity index is 1.21. The Morgan fingerprint density at radius 1 is 0.979 bits per heavy atom. The largest absolute Gasteiger partial charge is 0.444 e. The molecule has 14 heteroatoms. The lowest BCUT2D eigenvalue weighted by molar-refractivity contribution is 0.0240. The van der Waals surface area contributed by atoms with Crippen LogP contribution in [0.25, 0.3) is 11.3 Å². The zero-order valence-electron chi connectivity index (χ0n) is 28.6. The minimum Gasteiger partial charge on any atom is -0.444 e. The average Bonchev–Trinajstić information content (AvgIpc) is 3.52. The van der Waals surface area contributed by atoms with Crippen molar-refractivity contribution in [2.45, 2.75) is 72.4 Å². The summed E-state index contributed by atoms with van der Waals surface area (Å²) in [7, 11) is 0. The fourth-order valence-electron chi connectivity index (χ4n) is 5.17. The van der Waals surface area contributed by atoms with Gasteiger partial charge in [0.15, 0.2) is 11.6 Å². The molecule has 3 aromatic heterocycles. The monoisotopic (exact) mass is 659 g/mol. The number of benzene rings is 1. The van der Waals surface area contributed by atoms with E-state index in [1.54, 1.807) is 11.0 Å². The molecule has 2 N–H and O–H groups in total. The van der Waals surface area contributed by atoms with Gasteiger partial charge < -0.3 is 29.7 Å². The maximum absolute atomic E-state index is 15.2. The number of pyridine rings is 1. The van der Waals surface area contributed by atoms with Crippen molar-refractivity contribution in [2.24, 2.45) is 0 Å². The number of aromatic nitrogens is 5. The first-order valence-corrected chi connectivity index (χ1v) is 15.8. The van der Waals surface area contributed by atoms with Gasteiger partial charge in [-0.1, -0.05) is 38.1 Å². The SMILES string of the molecule is Cc1cc(-c2cc(Nc3cc(F)c(N4CCN(C(=O)OC(C)(C)C)CC4)cn3)ncn2)ccc1[C@@H](C)NC(=O)c1nc(C(C)(C)C)no1. The molecule has 1 aliphatic rings. The zero-order chi connectivity index (χ0) is 34.8. The van der Waals surface area contributed by atoms with Gasteiger partial charge in [-0.15, -0.1) is 0 Å². The van der Waals surface area contributed by atoms with E-state index >= 15 is 4.39 Å². The van der Waals surface area contributed by atoms with Crippen LogP contribution in [-0.2, 0) is 10.2 Å². The number of aryl methyl sites for hydroxylation is 1. The molecular weight excluding hydrogens is 617 g/mol. The van der Waals surface area contributed by atoms with E-state index < -0.39 is 17.3 Å². The second-order valence-electron chi connectivity index (χ2n) is 13.8. The summed E-state index contributed by atoms with van der Waals surface area (Å²) in [6, 6.07) is 8.58. The van der Waals surface area contributed by atoms with Gasteiger partial charge >= 0.3 is 17.9 Å². The Bertz CT molecular complexity index is 1790. The quantitative estimate of drug-likeness (QED) is 0.242. The first kappa shape index (κ1) is 34.2. The molecule has 254 valence electrons. The normalized spacial score (nSPS) is 14.4. The predicted octanol–water partition coefficient (Wildman–Crippen LogP) is 5.96. The molecule has 1 aromatic carbocycles. The second kappa shape index (κ2) is 13.5. The number of piperazine rings is 1. The number of anilines is 3. The summed E-state index contributed by atoms with van der Waals surface area (Å²) in [5.41, 5.74) is 2.81. The first-order chi connectivity index (χ1) is 22.6. The summed E-state index contributed by atoms with van der Waals surface area (Å²) < 4.78 is 25.9. The van der Waals surface area contributed by atoms with E-state index in [1.165, 1.54) is 18.6 Å². The third-order valence-electron chi connectivity index (χ3n) is 7.70. The fraction of sp³-hybridized carbons (Fsp3) is 0.441. The van der Waals surface area contributed by atoms with Gasteiger partial charge in [-0.2, -0.15) is 4.98 Å². The van der Waals surface area contributed by atoms with Crippen molar-refractivity contribution in [3.05, 3.63) is 71.5 Å². The highest BCUT2D eigenvalue weighted by Gasteiger charge is 2.28. The number of carbonyl (C=O) groups is 2. The van der Waals surface area contributed by atoms with Crippen molar-refractivity contribution in [1.82, 2.24) is 35.3 Å². The second-order valence-corrected chi connectivity index (χ2v) is 13.8. The van der Waals surface area contributed by atoms with Crippen molar-refractivity contribution in [2.75, 3.05) is 36.4 Å². The summed E-state index contributed by atoms with van der Waals surface area (Å²) in [6.07, 6.45) is 2.53. The molecule has 0 radical (unpaired) electrons. The molecule has 13 nitrogen and oxygen atoms in total. The molecule has 0 spiro atoms. The van der Waals surface area contributed by atoms with Crippen molar-refractivity contribution >= 4 is 29.3 Å². The van der Waals surface area contributed by atoms with Crippen LogP contribution < -0.4 is 15.5 Å². The summed E-state index contributed by atoms with van der Waals surface area (Å²) in [5, 5.41) is 9.91. The topological polar surface area (TPSA) is 152 Å². The van der Waals surface area contributed by atoms with E-state index in [-0.39, 0.29) is 23.4 Å². The van der Waals surface area contributed by atoms with E-state index in [4.69, 9.17) is 9.26 Å². The van der Waals surface area contributed by atoms with Crippen LogP contribution in [0, 0.1) is 12.7 Å². The molecule has 1 aliphatic heterocycles. The molecule has 0 saturated carbocycles. The van der Waals surface area contributed by atoms with Crippen LogP contribution in [0.2, 0.25) is 0 Å². The number of hydrogen-bond donors (Lipinski definition) is 2. The summed E-state index contributed by atoms with van der Waals surface area (Å²) in [6.45, 7) is 16.9. The van der Waals surface area contributed by atoms with Crippen LogP contribution in [0.3, 0.4) is 0 Å². The van der Waals surface area contributed by atoms with Crippen LogP contribution >= 0.6 is 0 Å². The lowest BCUT2D eigenvalue weighted by Gasteiger charge is -2.36. The van der Waals surface area contributed by atoms with Crippen LogP contribution in [0.1, 0.15) is 82.1 Å². The zero-order valence-corrected chi connectivity index (χ0v) is 28.6. The highest BCUT2D eigenvalue weighted by Crippen LogP contribution is 2.28. The number of nitrogens with one attached hydrogen (secondary N) is 2. The number of nitrogens with zero attached hydrogens (tertiary/aromatic N) is 7. The number of amides is 2. The molecule has 1 saturated heterocycles. The minimum absolute atomic E-state index is 0.0794. The smallest absolute Gasteiger partial charge is 0.410 e. The minimum atomic E-state index is -0.574. The molecular formula is C34H42FN9O4. The van der Waals surface area contributed by atoms with Crippen LogP contribution in [-0.4, -0.2) is 73.8 Å². The van der Waals surface area contributed by atoms with Gasteiger partial charge in [0.1, 0.15) is 23.6 Å². The molecule has 4 aromatic rings. The maximum Gasteiger partial charge on any atom is 0.410 e. The summed E-state index contributed by atoms with van der Waals surface area (Å²) in [4.78, 5) is 46.0. The van der Waals surface area contributed by atoms with E-state index in [1.807, 2.05) is 78.5 Å². The number of rotatable bonds is 7. The van der Waals surface area contributed by atoms with E-state index in [0.717, 1.165) is 16.7 Å². The lowest BCUT2D eigenvalue weighted by atomic mass is 9.96. The average molecular weight is 660 g/mol. The maximum atomic E-state index is 15.2. The Morgan fingerprint density at radius 2 is 1.69 bits per heavy atom. The molecule has 0 aliphatic carbocycles. The highest BCUT2D eigenvalue weighted by molar-refractivity contribution is 5.89. The third-order valence-corrected chi connectivity index (χ3v) is 7.70. The molecule has 1 fully saturated rings. The number of hydrogen-bond acceptors (Lipinski definition) is 11. The van der Waals surface area contributed by atoms with E-state index in [9.17, 15) is 9.59 Å². The van der Waals surface area contributed by atoms with Crippen molar-refractivity contribution in [3.63, 3.8) is 0 Å². The van der Waals surface area contributed by atoms with Crippen LogP contribution in [0.15, 0.2) is 47.4 Å². The van der Waals surface area contributed by atoms with Gasteiger partial charge in [-0.25, -0.2) is 24.1 Å². The predicted molar refractivity (Wildman–Crippen MR) is 179 cm³/mol. The van der Waals surface area contributed by atoms with Crippen LogP contribution in [0.5, 0.6) is 0 Å². The molecule has 48 heavy (non-hydrogen) atoms. The molecule has 0 bridgehead atoms. The van der Waals surface area contributed by atoms with Crippen molar-refractivity contribution in [1.29, 1.82) is 0 Å². The number of ether oxygens (including phenoxy) is 1. The highest BCUT2D eigenvalue weighted by atomic mass is 19.1. The summed E-state index contributed by atoms with van der Waals surface area (Å²) >= 11 is 0. The van der Waals surface area contributed by atoms with Gasteiger partial charge in [0.05, 0.1) is 23.6 Å².